The van der Waals surface area contributed by atoms with Gasteiger partial charge in [-0.1, -0.05) is 6.07 Å². The van der Waals surface area contributed by atoms with Crippen molar-refractivity contribution < 1.29 is 9.53 Å². The van der Waals surface area contributed by atoms with Gasteiger partial charge in [-0.15, -0.1) is 0 Å². The average Bonchev–Trinajstić information content (AvgIpc) is 3.12. The Bertz CT molecular complexity index is 816. The number of amides is 1. The van der Waals surface area contributed by atoms with E-state index < -0.39 is 0 Å². The Kier molecular flexibility index (Phi) is 5.26. The molecular formula is C21H27N5O2. The Morgan fingerprint density at radius 2 is 1.89 bits per heavy atom. The fourth-order valence-corrected chi connectivity index (χ4v) is 4.02. The summed E-state index contributed by atoms with van der Waals surface area (Å²) in [4.78, 5) is 27.9. The first-order chi connectivity index (χ1) is 13.5. The van der Waals surface area contributed by atoms with Crippen LogP contribution in [0.4, 0.5) is 5.95 Å². The number of rotatable bonds is 4. The number of aromatic nitrogens is 3. The summed E-state index contributed by atoms with van der Waals surface area (Å²) in [5.41, 5.74) is 2.83. The number of pyridine rings is 1. The van der Waals surface area contributed by atoms with Crippen molar-refractivity contribution in [2.75, 3.05) is 31.6 Å². The molecule has 1 N–H and O–H groups in total. The Morgan fingerprint density at radius 3 is 2.57 bits per heavy atom. The zero-order valence-electron chi connectivity index (χ0n) is 16.5. The monoisotopic (exact) mass is 381 g/mol. The molecule has 0 aromatic carbocycles. The highest BCUT2D eigenvalue weighted by Crippen LogP contribution is 2.40. The molecule has 148 valence electrons. The molecule has 28 heavy (non-hydrogen) atoms. The number of hydrogen-bond acceptors (Lipinski definition) is 6. The number of carbonyl (C=O) groups excluding carboxylic acids is 1. The van der Waals surface area contributed by atoms with E-state index in [0.29, 0.717) is 11.5 Å². The van der Waals surface area contributed by atoms with Gasteiger partial charge in [0, 0.05) is 44.9 Å². The van der Waals surface area contributed by atoms with Crippen LogP contribution in [0.2, 0.25) is 0 Å². The predicted molar refractivity (Wildman–Crippen MR) is 106 cm³/mol. The number of nitrogens with zero attached hydrogens (tertiary/aromatic N) is 4. The highest BCUT2D eigenvalue weighted by molar-refractivity contribution is 5.94. The molecule has 2 aliphatic rings. The van der Waals surface area contributed by atoms with Crippen LogP contribution in [-0.4, -0.2) is 52.1 Å². The standard InChI is InChI=1S/C21H27N5O2/c1-15-3-4-18(22-11-15)16(2)25-20-23-12-17(13-24-20)19(27)26-8-5-21(14-26)6-9-28-10-7-21/h3-4,11-13,16H,5-10,14H2,1-2H3,(H,23,24,25). The number of aryl methyl sites for hydroxylation is 1. The Balaban J connectivity index is 1.37. The molecule has 1 atom stereocenters. The van der Waals surface area contributed by atoms with Gasteiger partial charge >= 0.3 is 0 Å². The van der Waals surface area contributed by atoms with E-state index in [1.165, 1.54) is 0 Å². The van der Waals surface area contributed by atoms with Crippen LogP contribution in [0.25, 0.3) is 0 Å². The van der Waals surface area contributed by atoms with Gasteiger partial charge < -0.3 is 15.0 Å². The minimum absolute atomic E-state index is 0.0168. The first-order valence-corrected chi connectivity index (χ1v) is 9.93. The Labute approximate surface area is 165 Å². The molecule has 2 saturated heterocycles. The largest absolute Gasteiger partial charge is 0.381 e. The van der Waals surface area contributed by atoms with E-state index in [0.717, 1.165) is 56.8 Å². The zero-order chi connectivity index (χ0) is 19.6. The Morgan fingerprint density at radius 1 is 1.14 bits per heavy atom. The van der Waals surface area contributed by atoms with E-state index in [1.807, 2.05) is 37.1 Å². The summed E-state index contributed by atoms with van der Waals surface area (Å²) in [5.74, 6) is 0.511. The topological polar surface area (TPSA) is 80.2 Å². The van der Waals surface area contributed by atoms with Crippen molar-refractivity contribution in [3.63, 3.8) is 0 Å². The fourth-order valence-electron chi connectivity index (χ4n) is 4.02. The molecule has 1 amide bonds. The number of ether oxygens (including phenoxy) is 1. The highest BCUT2D eigenvalue weighted by atomic mass is 16.5. The lowest BCUT2D eigenvalue weighted by molar-refractivity contribution is 0.0191. The van der Waals surface area contributed by atoms with E-state index in [-0.39, 0.29) is 17.4 Å². The number of nitrogens with one attached hydrogen (secondary N) is 1. The predicted octanol–water partition coefficient (Wildman–Crippen LogP) is 3.00. The molecule has 4 rings (SSSR count). The van der Waals surface area contributed by atoms with Gasteiger partial charge in [-0.2, -0.15) is 0 Å². The number of likely N-dealkylation sites (tertiary alicyclic amines) is 1. The van der Waals surface area contributed by atoms with Crippen molar-refractivity contribution in [2.24, 2.45) is 5.41 Å². The van der Waals surface area contributed by atoms with Crippen molar-refractivity contribution in [3.05, 3.63) is 47.5 Å². The second-order valence-electron chi connectivity index (χ2n) is 8.01. The number of anilines is 1. The molecule has 0 radical (unpaired) electrons. The lowest BCUT2D eigenvalue weighted by Crippen LogP contribution is -2.35. The maximum atomic E-state index is 12.8. The van der Waals surface area contributed by atoms with Crippen LogP contribution in [0.15, 0.2) is 30.7 Å². The quantitative estimate of drug-likeness (QED) is 0.877. The van der Waals surface area contributed by atoms with Crippen LogP contribution in [0.3, 0.4) is 0 Å². The van der Waals surface area contributed by atoms with Gasteiger partial charge in [0.2, 0.25) is 5.95 Å². The lowest BCUT2D eigenvalue weighted by Gasteiger charge is -2.33. The molecule has 2 aliphatic heterocycles. The molecule has 2 aromatic rings. The molecule has 2 fully saturated rings. The summed E-state index contributed by atoms with van der Waals surface area (Å²) in [5, 5.41) is 3.24. The molecule has 0 aliphatic carbocycles. The number of hydrogen-bond donors (Lipinski definition) is 1. The minimum Gasteiger partial charge on any atom is -0.381 e. The molecular weight excluding hydrogens is 354 g/mol. The molecule has 1 spiro atoms. The second kappa shape index (κ2) is 7.83. The Hall–Kier alpha value is -2.54. The van der Waals surface area contributed by atoms with E-state index in [4.69, 9.17) is 4.74 Å². The summed E-state index contributed by atoms with van der Waals surface area (Å²) in [7, 11) is 0. The van der Waals surface area contributed by atoms with Gasteiger partial charge in [0.25, 0.3) is 5.91 Å². The van der Waals surface area contributed by atoms with Crippen LogP contribution in [0.5, 0.6) is 0 Å². The van der Waals surface area contributed by atoms with Crippen LogP contribution in [-0.2, 0) is 4.74 Å². The van der Waals surface area contributed by atoms with Crippen LogP contribution >= 0.6 is 0 Å². The van der Waals surface area contributed by atoms with Crippen LogP contribution in [0, 0.1) is 12.3 Å². The number of carbonyl (C=O) groups is 1. The van der Waals surface area contributed by atoms with Crippen molar-refractivity contribution in [1.29, 1.82) is 0 Å². The molecule has 7 heteroatoms. The van der Waals surface area contributed by atoms with Gasteiger partial charge in [-0.3, -0.25) is 9.78 Å². The molecule has 2 aromatic heterocycles. The third-order valence-corrected chi connectivity index (χ3v) is 5.90. The van der Waals surface area contributed by atoms with E-state index >= 15 is 0 Å². The van der Waals surface area contributed by atoms with E-state index in [2.05, 4.69) is 20.3 Å². The third kappa shape index (κ3) is 3.99. The first kappa shape index (κ1) is 18.8. The van der Waals surface area contributed by atoms with Gasteiger partial charge in [0.1, 0.15) is 0 Å². The molecule has 4 heterocycles. The SMILES string of the molecule is Cc1ccc(C(C)Nc2ncc(C(=O)N3CCC4(CCOCC4)C3)cn2)nc1. The summed E-state index contributed by atoms with van der Waals surface area (Å²) in [6, 6.07) is 4.00. The molecule has 7 nitrogen and oxygen atoms in total. The fraction of sp³-hybridized carbons (Fsp3) is 0.524. The lowest BCUT2D eigenvalue weighted by atomic mass is 9.80. The zero-order valence-corrected chi connectivity index (χ0v) is 16.5. The summed E-state index contributed by atoms with van der Waals surface area (Å²) >= 11 is 0. The van der Waals surface area contributed by atoms with Gasteiger partial charge in [0.05, 0.1) is 17.3 Å². The minimum atomic E-state index is -0.0193. The van der Waals surface area contributed by atoms with Crippen molar-refractivity contribution in [2.45, 2.75) is 39.2 Å². The third-order valence-electron chi connectivity index (χ3n) is 5.90. The maximum Gasteiger partial charge on any atom is 0.257 e. The smallest absolute Gasteiger partial charge is 0.257 e. The maximum absolute atomic E-state index is 12.8. The first-order valence-electron chi connectivity index (χ1n) is 9.93. The average molecular weight is 381 g/mol. The highest BCUT2D eigenvalue weighted by Gasteiger charge is 2.41. The normalized spacial score (nSPS) is 19.6. The summed E-state index contributed by atoms with van der Waals surface area (Å²) in [6.07, 6.45) is 8.22. The van der Waals surface area contributed by atoms with Crippen molar-refractivity contribution in [3.8, 4) is 0 Å². The van der Waals surface area contributed by atoms with Crippen molar-refractivity contribution >= 4 is 11.9 Å². The van der Waals surface area contributed by atoms with Crippen LogP contribution < -0.4 is 5.32 Å². The molecule has 1 unspecified atom stereocenters. The van der Waals surface area contributed by atoms with Gasteiger partial charge in [-0.05, 0) is 50.2 Å². The van der Waals surface area contributed by atoms with Crippen molar-refractivity contribution in [1.82, 2.24) is 19.9 Å². The van der Waals surface area contributed by atoms with E-state index in [9.17, 15) is 4.79 Å². The molecule has 0 saturated carbocycles. The second-order valence-corrected chi connectivity index (χ2v) is 8.01. The van der Waals surface area contributed by atoms with E-state index in [1.54, 1.807) is 12.4 Å². The summed E-state index contributed by atoms with van der Waals surface area (Å²) in [6.45, 7) is 7.25. The van der Waals surface area contributed by atoms with Gasteiger partial charge in [-0.25, -0.2) is 9.97 Å². The van der Waals surface area contributed by atoms with Crippen LogP contribution in [0.1, 0.15) is 53.8 Å². The van der Waals surface area contributed by atoms with Gasteiger partial charge in [0.15, 0.2) is 0 Å². The molecule has 0 bridgehead atoms. The summed E-state index contributed by atoms with van der Waals surface area (Å²) < 4.78 is 5.48.